The maximum absolute atomic E-state index is 13.8. The number of hydrogen-bond acceptors (Lipinski definition) is 10. The van der Waals surface area contributed by atoms with E-state index in [1.807, 2.05) is 72.8 Å². The molecule has 0 spiro atoms. The average Bonchev–Trinajstić information content (AvgIpc) is 3.90. The molecule has 82 heavy (non-hydrogen) atoms. The number of primary amides is 1. The Morgan fingerprint density at radius 1 is 0.720 bits per heavy atom. The summed E-state index contributed by atoms with van der Waals surface area (Å²) in [5.74, 6) is -1.20. The van der Waals surface area contributed by atoms with E-state index in [1.165, 1.54) is 6.08 Å². The smallest absolute Gasteiger partial charge is 0.411 e. The summed E-state index contributed by atoms with van der Waals surface area (Å²) in [6, 6.07) is 36.8. The monoisotopic (exact) mass is 1130 g/mol. The number of carbonyl (C=O) groups excluding carboxylic acids is 7. The van der Waals surface area contributed by atoms with Crippen molar-refractivity contribution in [2.24, 2.45) is 11.7 Å². The number of urea groups is 1. The minimum Gasteiger partial charge on any atom is -0.497 e. The van der Waals surface area contributed by atoms with E-state index >= 15 is 0 Å². The van der Waals surface area contributed by atoms with Gasteiger partial charge in [0.15, 0.2) is 0 Å². The molecule has 0 radical (unpaired) electrons. The number of nitrogens with two attached hydrogens (primary N) is 1. The van der Waals surface area contributed by atoms with Crippen LogP contribution in [0.5, 0.6) is 5.75 Å². The number of carbonyl (C=O) groups is 7. The van der Waals surface area contributed by atoms with Crippen LogP contribution in [0.3, 0.4) is 0 Å². The van der Waals surface area contributed by atoms with Crippen molar-refractivity contribution in [2.75, 3.05) is 54.8 Å². The van der Waals surface area contributed by atoms with Gasteiger partial charge in [0, 0.05) is 60.9 Å². The minimum absolute atomic E-state index is 0.0433. The van der Waals surface area contributed by atoms with Gasteiger partial charge in [-0.25, -0.2) is 14.4 Å². The Balaban J connectivity index is 0.801. The van der Waals surface area contributed by atoms with Crippen molar-refractivity contribution in [3.05, 3.63) is 161 Å². The number of anilines is 3. The Kier molecular flexibility index (Phi) is 20.6. The summed E-state index contributed by atoms with van der Waals surface area (Å²) in [6.07, 6.45) is 4.34. The van der Waals surface area contributed by atoms with Crippen molar-refractivity contribution >= 4 is 87.4 Å². The summed E-state index contributed by atoms with van der Waals surface area (Å²) in [4.78, 5) is 93.6. The minimum atomic E-state index is -1.06. The summed E-state index contributed by atoms with van der Waals surface area (Å²) in [7, 11) is 1.59. The van der Waals surface area contributed by atoms with Crippen LogP contribution in [0.2, 0.25) is 0 Å². The number of halogens is 1. The van der Waals surface area contributed by atoms with Crippen LogP contribution in [0.25, 0.3) is 28.0 Å². The average molecular weight is 1130 g/mol. The van der Waals surface area contributed by atoms with Gasteiger partial charge in [0.2, 0.25) is 17.7 Å². The number of nitrogens with one attached hydrogen (secondary N) is 6. The molecular formula is C63H69ClN8O10. The highest BCUT2D eigenvalue weighted by molar-refractivity contribution is 6.19. The fourth-order valence-corrected chi connectivity index (χ4v) is 10.6. The van der Waals surface area contributed by atoms with Crippen LogP contribution < -0.4 is 47.3 Å². The number of unbranched alkanes of at least 4 members (excludes halogenated alkanes) is 2. The molecule has 3 unspecified atom stereocenters. The third kappa shape index (κ3) is 15.3. The van der Waals surface area contributed by atoms with Gasteiger partial charge in [-0.05, 0) is 112 Å². The second kappa shape index (κ2) is 28.5. The van der Waals surface area contributed by atoms with Gasteiger partial charge in [-0.15, -0.1) is 11.6 Å². The Hall–Kier alpha value is -8.90. The molecule has 0 bridgehead atoms. The molecule has 1 aliphatic heterocycles. The number of alkyl halides is 1. The molecular weight excluding hydrogens is 1060 g/mol. The molecule has 0 aromatic heterocycles. The topological polar surface area (TPSA) is 249 Å². The fourth-order valence-electron chi connectivity index (χ4n) is 10.3. The summed E-state index contributed by atoms with van der Waals surface area (Å²) >= 11 is 6.49. The van der Waals surface area contributed by atoms with Crippen LogP contribution in [0.15, 0.2) is 133 Å². The number of alkyl carbamates (subject to hydrolysis) is 1. The van der Waals surface area contributed by atoms with Crippen molar-refractivity contribution in [2.45, 2.75) is 82.9 Å². The molecule has 19 heteroatoms. The molecule has 428 valence electrons. The lowest BCUT2D eigenvalue weighted by atomic mass is 9.95. The Morgan fingerprint density at radius 2 is 1.39 bits per heavy atom. The molecule has 8 N–H and O–H groups in total. The third-order valence-corrected chi connectivity index (χ3v) is 14.9. The van der Waals surface area contributed by atoms with E-state index in [2.05, 4.69) is 56.2 Å². The molecule has 6 aromatic carbocycles. The summed E-state index contributed by atoms with van der Waals surface area (Å²) in [6.45, 7) is 4.56. The maximum Gasteiger partial charge on any atom is 0.411 e. The van der Waals surface area contributed by atoms with Crippen molar-refractivity contribution in [1.29, 1.82) is 0 Å². The Bertz CT molecular complexity index is 3250. The van der Waals surface area contributed by atoms with Gasteiger partial charge in [0.05, 0.1) is 18.5 Å². The van der Waals surface area contributed by atoms with Crippen molar-refractivity contribution in [3.8, 4) is 16.9 Å². The second-order valence-corrected chi connectivity index (χ2v) is 20.9. The first-order chi connectivity index (χ1) is 39.7. The summed E-state index contributed by atoms with van der Waals surface area (Å²) < 4.78 is 16.5. The van der Waals surface area contributed by atoms with Crippen LogP contribution in [0.1, 0.15) is 92.0 Å². The predicted octanol–water partition coefficient (Wildman–Crippen LogP) is 10.1. The summed E-state index contributed by atoms with van der Waals surface area (Å²) in [5.41, 5.74) is 13.7. The van der Waals surface area contributed by atoms with Gasteiger partial charge in [0.25, 0.3) is 5.91 Å². The molecule has 18 nitrogen and oxygen atoms in total. The largest absolute Gasteiger partial charge is 0.497 e. The molecule has 1 heterocycles. The first-order valence-electron chi connectivity index (χ1n) is 27.5. The third-order valence-electron chi connectivity index (χ3n) is 14.5. The second-order valence-electron chi connectivity index (χ2n) is 20.5. The Labute approximate surface area is 481 Å². The lowest BCUT2D eigenvalue weighted by Crippen LogP contribution is -2.54. The SMILES string of the molecule is COc1ccc(C=CC(=O)N2CC(CCl)c3c2cc(NC(=O)OCc2ccc(NC(=O)C(CCCNC(N)=O)NC(=O)C(NC(=O)CCCCCNC(=O)OCC4c5ccccc5-c5ccccc54)C(C)C)cc2)c2ccccc32)cc1. The predicted molar refractivity (Wildman–Crippen MR) is 318 cm³/mol. The van der Waals surface area contributed by atoms with E-state index in [0.29, 0.717) is 67.1 Å². The number of methoxy groups -OCH3 is 1. The normalized spacial score (nSPS) is 14.0. The highest BCUT2D eigenvalue weighted by Crippen LogP contribution is 2.46. The molecule has 0 fully saturated rings. The van der Waals surface area contributed by atoms with E-state index in [-0.39, 0.29) is 68.0 Å². The molecule has 0 saturated carbocycles. The molecule has 6 aromatic rings. The standard InChI is InChI=1S/C63H69ClN8O10/c1-39(2)58(71-55(73)21-5-4-12-32-67-62(78)82-38-51-47-16-8-6-14-45(47)46-15-7-9-17-48(46)51)60(76)69-52(20-13-33-66-61(65)77)59(75)68-43-27-22-41(23-28-43)37-81-63(79)70-53-34-54-57(50-19-11-10-18-49(50)53)42(35-64)36-72(54)56(74)31-26-40-24-29-44(80-3)30-25-40/h6-11,14-19,22-31,34,39,42,51-52,58H,4-5,12-13,20-21,32-33,35-38H2,1-3H3,(H,67,78)(H,68,75)(H,69,76)(H,70,79)(H,71,73)(H3,65,66,77). The number of hydrogen-bond donors (Lipinski definition) is 7. The van der Waals surface area contributed by atoms with Crippen LogP contribution in [-0.4, -0.2) is 93.2 Å². The van der Waals surface area contributed by atoms with Crippen molar-refractivity contribution in [1.82, 2.24) is 21.3 Å². The number of benzene rings is 6. The molecule has 8 amide bonds. The van der Waals surface area contributed by atoms with E-state index < -0.39 is 42.1 Å². The quantitative estimate of drug-likeness (QED) is 0.0162. The van der Waals surface area contributed by atoms with E-state index in [0.717, 1.165) is 44.2 Å². The van der Waals surface area contributed by atoms with Gasteiger partial charge in [-0.1, -0.05) is 117 Å². The maximum atomic E-state index is 13.8. The van der Waals surface area contributed by atoms with Crippen LogP contribution >= 0.6 is 11.6 Å². The molecule has 1 aliphatic carbocycles. The Morgan fingerprint density at radius 3 is 2.06 bits per heavy atom. The number of ether oxygens (including phenoxy) is 3. The highest BCUT2D eigenvalue weighted by Gasteiger charge is 2.35. The van der Waals surface area contributed by atoms with Crippen LogP contribution in [0, 0.1) is 5.92 Å². The lowest BCUT2D eigenvalue weighted by molar-refractivity contribution is -0.132. The number of nitrogens with zero attached hydrogens (tertiary/aromatic N) is 1. The van der Waals surface area contributed by atoms with E-state index in [4.69, 9.17) is 31.5 Å². The fraction of sp³-hybridized carbons (Fsp3) is 0.317. The molecule has 2 aliphatic rings. The van der Waals surface area contributed by atoms with E-state index in [9.17, 15) is 33.6 Å². The zero-order valence-electron chi connectivity index (χ0n) is 46.1. The van der Waals surface area contributed by atoms with Gasteiger partial charge in [0.1, 0.15) is 31.0 Å². The number of rotatable bonds is 25. The van der Waals surface area contributed by atoms with E-state index in [1.54, 1.807) is 62.3 Å². The van der Waals surface area contributed by atoms with Crippen molar-refractivity contribution < 1.29 is 47.8 Å². The first kappa shape index (κ1) is 59.2. The van der Waals surface area contributed by atoms with Crippen molar-refractivity contribution in [3.63, 3.8) is 0 Å². The first-order valence-corrected chi connectivity index (χ1v) is 28.0. The molecule has 0 saturated heterocycles. The summed E-state index contributed by atoms with van der Waals surface area (Å²) in [5, 5.41) is 18.2. The number of amides is 8. The highest BCUT2D eigenvalue weighted by atomic mass is 35.5. The van der Waals surface area contributed by atoms with Gasteiger partial charge >= 0.3 is 18.2 Å². The molecule has 3 atom stereocenters. The zero-order chi connectivity index (χ0) is 58.1. The van der Waals surface area contributed by atoms with Crippen LogP contribution in [-0.2, 0) is 35.3 Å². The number of fused-ring (bicyclic) bond motifs is 6. The van der Waals surface area contributed by atoms with Crippen LogP contribution in [0.4, 0.5) is 31.4 Å². The van der Waals surface area contributed by atoms with Gasteiger partial charge < -0.3 is 51.4 Å². The zero-order valence-corrected chi connectivity index (χ0v) is 46.9. The molecule has 8 rings (SSSR count). The van der Waals surface area contributed by atoms with Gasteiger partial charge in [-0.2, -0.15) is 0 Å². The lowest BCUT2D eigenvalue weighted by Gasteiger charge is -2.25. The van der Waals surface area contributed by atoms with Gasteiger partial charge in [-0.3, -0.25) is 24.5 Å².